The lowest BCUT2D eigenvalue weighted by atomic mass is 10.1. The van der Waals surface area contributed by atoms with Gasteiger partial charge in [-0.15, -0.1) is 10.2 Å². The Balaban J connectivity index is 2.01. The highest BCUT2D eigenvalue weighted by molar-refractivity contribution is 5.92. The summed E-state index contributed by atoms with van der Waals surface area (Å²) in [5.74, 6) is -1.16. The number of amides is 1. The van der Waals surface area contributed by atoms with Crippen molar-refractivity contribution in [1.29, 1.82) is 0 Å². The van der Waals surface area contributed by atoms with Crippen molar-refractivity contribution in [3.8, 4) is 0 Å². The summed E-state index contributed by atoms with van der Waals surface area (Å²) in [5.41, 5.74) is -0.163. The van der Waals surface area contributed by atoms with Gasteiger partial charge in [0.2, 0.25) is 0 Å². The molecule has 0 fully saturated rings. The lowest BCUT2D eigenvalue weighted by Crippen LogP contribution is -2.26. The molecule has 1 heterocycles. The summed E-state index contributed by atoms with van der Waals surface area (Å²) in [6.07, 6.45) is 0.866. The van der Waals surface area contributed by atoms with Crippen LogP contribution in [0.2, 0.25) is 0 Å². The van der Waals surface area contributed by atoms with Crippen LogP contribution in [0.4, 0.5) is 20.3 Å². The first-order valence-corrected chi connectivity index (χ1v) is 7.30. The number of hydrogen-bond acceptors (Lipinski definition) is 4. The predicted octanol–water partition coefficient (Wildman–Crippen LogP) is 3.27. The predicted molar refractivity (Wildman–Crippen MR) is 83.5 cm³/mol. The third-order valence-corrected chi connectivity index (χ3v) is 3.12. The Morgan fingerprint density at radius 2 is 1.83 bits per heavy atom. The van der Waals surface area contributed by atoms with Crippen molar-refractivity contribution in [3.05, 3.63) is 47.7 Å². The van der Waals surface area contributed by atoms with Crippen molar-refractivity contribution in [3.63, 3.8) is 0 Å². The Morgan fingerprint density at radius 1 is 1.13 bits per heavy atom. The maximum atomic E-state index is 13.5. The number of halogens is 2. The number of carbonyl (C=O) groups excluding carboxylic acids is 1. The minimum absolute atomic E-state index is 0.146. The van der Waals surface area contributed by atoms with Crippen LogP contribution in [0.15, 0.2) is 30.3 Å². The number of nitrogens with one attached hydrogen (secondary N) is 2. The molecular formula is C16H18F2N4O. The summed E-state index contributed by atoms with van der Waals surface area (Å²) < 4.78 is 27.1. The number of aromatic nitrogens is 2. The molecule has 0 saturated heterocycles. The first-order valence-electron chi connectivity index (χ1n) is 7.30. The van der Waals surface area contributed by atoms with Crippen LogP contribution >= 0.6 is 0 Å². The Labute approximate surface area is 133 Å². The van der Waals surface area contributed by atoms with Crippen LogP contribution in [0.3, 0.4) is 0 Å². The molecule has 1 amide bonds. The maximum absolute atomic E-state index is 13.5. The van der Waals surface area contributed by atoms with Gasteiger partial charge in [-0.2, -0.15) is 0 Å². The molecule has 7 heteroatoms. The summed E-state index contributed by atoms with van der Waals surface area (Å²) in [7, 11) is 0. The molecular weight excluding hydrogens is 302 g/mol. The molecule has 23 heavy (non-hydrogen) atoms. The molecule has 2 N–H and O–H groups in total. The van der Waals surface area contributed by atoms with Gasteiger partial charge in [0.25, 0.3) is 5.91 Å². The lowest BCUT2D eigenvalue weighted by Gasteiger charge is -2.08. The van der Waals surface area contributed by atoms with E-state index in [0.29, 0.717) is 12.5 Å². The first-order chi connectivity index (χ1) is 11.0. The van der Waals surface area contributed by atoms with E-state index in [9.17, 15) is 13.6 Å². The average Bonchev–Trinajstić information content (AvgIpc) is 2.51. The quantitative estimate of drug-likeness (QED) is 0.857. The molecule has 0 spiro atoms. The zero-order valence-electron chi connectivity index (χ0n) is 12.9. The third-order valence-electron chi connectivity index (χ3n) is 3.12. The van der Waals surface area contributed by atoms with E-state index in [-0.39, 0.29) is 23.1 Å². The second kappa shape index (κ2) is 7.62. The third kappa shape index (κ3) is 4.70. The highest BCUT2D eigenvalue weighted by Crippen LogP contribution is 2.21. The number of carbonyl (C=O) groups is 1. The van der Waals surface area contributed by atoms with Crippen LogP contribution in [-0.4, -0.2) is 22.6 Å². The molecule has 2 rings (SSSR count). The van der Waals surface area contributed by atoms with Gasteiger partial charge in [0, 0.05) is 6.54 Å². The number of para-hydroxylation sites is 1. The van der Waals surface area contributed by atoms with E-state index in [1.165, 1.54) is 18.2 Å². The Bertz CT molecular complexity index is 654. The van der Waals surface area contributed by atoms with E-state index >= 15 is 0 Å². The summed E-state index contributed by atoms with van der Waals surface area (Å²) in [6, 6.07) is 6.42. The van der Waals surface area contributed by atoms with Gasteiger partial charge in [0.15, 0.2) is 11.5 Å². The maximum Gasteiger partial charge on any atom is 0.271 e. The Kier molecular flexibility index (Phi) is 5.56. The largest absolute Gasteiger partial charge is 0.351 e. The molecule has 0 aliphatic rings. The normalized spacial score (nSPS) is 10.7. The Morgan fingerprint density at radius 3 is 2.39 bits per heavy atom. The summed E-state index contributed by atoms with van der Waals surface area (Å²) in [4.78, 5) is 11.8. The van der Waals surface area contributed by atoms with Crippen molar-refractivity contribution in [2.24, 2.45) is 5.92 Å². The van der Waals surface area contributed by atoms with Gasteiger partial charge in [0.05, 0.1) is 0 Å². The summed E-state index contributed by atoms with van der Waals surface area (Å²) in [5, 5.41) is 12.8. The molecule has 0 bridgehead atoms. The molecule has 1 aromatic heterocycles. The van der Waals surface area contributed by atoms with Gasteiger partial charge in [-0.25, -0.2) is 8.78 Å². The van der Waals surface area contributed by atoms with Gasteiger partial charge in [-0.1, -0.05) is 19.9 Å². The van der Waals surface area contributed by atoms with E-state index < -0.39 is 11.6 Å². The van der Waals surface area contributed by atoms with Crippen LogP contribution in [0.25, 0.3) is 0 Å². The number of rotatable bonds is 6. The molecule has 0 aliphatic heterocycles. The zero-order valence-corrected chi connectivity index (χ0v) is 12.9. The smallest absolute Gasteiger partial charge is 0.271 e. The summed E-state index contributed by atoms with van der Waals surface area (Å²) >= 11 is 0. The number of nitrogens with zero attached hydrogens (tertiary/aromatic N) is 2. The van der Waals surface area contributed by atoms with E-state index in [0.717, 1.165) is 18.6 Å². The van der Waals surface area contributed by atoms with Crippen molar-refractivity contribution in [1.82, 2.24) is 15.5 Å². The topological polar surface area (TPSA) is 66.9 Å². The Hall–Kier alpha value is -2.57. The molecule has 122 valence electrons. The van der Waals surface area contributed by atoms with Crippen LogP contribution in [-0.2, 0) is 0 Å². The van der Waals surface area contributed by atoms with Gasteiger partial charge in [-0.3, -0.25) is 4.79 Å². The zero-order chi connectivity index (χ0) is 16.8. The first kappa shape index (κ1) is 16.8. The molecule has 5 nitrogen and oxygen atoms in total. The standard InChI is InChI=1S/C16H18F2N4O/c1-10(2)8-9-19-16(23)13-6-7-14(22-21-13)20-15-11(17)4-3-5-12(15)18/h3-7,10H,8-9H2,1-2H3,(H,19,23)(H,20,22). The number of anilines is 2. The van der Waals surface area contributed by atoms with Gasteiger partial charge >= 0.3 is 0 Å². The van der Waals surface area contributed by atoms with E-state index in [2.05, 4.69) is 34.7 Å². The fraction of sp³-hybridized carbons (Fsp3) is 0.312. The van der Waals surface area contributed by atoms with Gasteiger partial charge < -0.3 is 10.6 Å². The van der Waals surface area contributed by atoms with Crippen LogP contribution in [0.5, 0.6) is 0 Å². The van der Waals surface area contributed by atoms with Crippen molar-refractivity contribution in [2.45, 2.75) is 20.3 Å². The van der Waals surface area contributed by atoms with Crippen molar-refractivity contribution >= 4 is 17.4 Å². The molecule has 0 atom stereocenters. The highest BCUT2D eigenvalue weighted by atomic mass is 19.1. The van der Waals surface area contributed by atoms with E-state index in [4.69, 9.17) is 0 Å². The average molecular weight is 320 g/mol. The second-order valence-electron chi connectivity index (χ2n) is 5.46. The molecule has 1 aromatic carbocycles. The highest BCUT2D eigenvalue weighted by Gasteiger charge is 2.11. The van der Waals surface area contributed by atoms with Crippen LogP contribution in [0, 0.1) is 17.6 Å². The fourth-order valence-corrected chi connectivity index (χ4v) is 1.83. The van der Waals surface area contributed by atoms with Crippen LogP contribution < -0.4 is 10.6 Å². The monoisotopic (exact) mass is 320 g/mol. The molecule has 2 aromatic rings. The second-order valence-corrected chi connectivity index (χ2v) is 5.46. The number of hydrogen-bond donors (Lipinski definition) is 2. The number of benzene rings is 1. The molecule has 0 radical (unpaired) electrons. The minimum atomic E-state index is -0.734. The molecule has 0 unspecified atom stereocenters. The molecule has 0 saturated carbocycles. The minimum Gasteiger partial charge on any atom is -0.351 e. The van der Waals surface area contributed by atoms with Crippen molar-refractivity contribution < 1.29 is 13.6 Å². The SMILES string of the molecule is CC(C)CCNC(=O)c1ccc(Nc2c(F)cccc2F)nn1. The van der Waals surface area contributed by atoms with E-state index in [1.807, 2.05) is 0 Å². The van der Waals surface area contributed by atoms with Gasteiger partial charge in [-0.05, 0) is 36.6 Å². The van der Waals surface area contributed by atoms with Crippen molar-refractivity contribution in [2.75, 3.05) is 11.9 Å². The lowest BCUT2D eigenvalue weighted by molar-refractivity contribution is 0.0946. The fourth-order valence-electron chi connectivity index (χ4n) is 1.83. The summed E-state index contributed by atoms with van der Waals surface area (Å²) in [6.45, 7) is 4.68. The molecule has 0 aliphatic carbocycles. The van der Waals surface area contributed by atoms with Crippen LogP contribution in [0.1, 0.15) is 30.8 Å². The van der Waals surface area contributed by atoms with Gasteiger partial charge in [0.1, 0.15) is 17.3 Å². The van der Waals surface area contributed by atoms with E-state index in [1.54, 1.807) is 0 Å².